The third-order valence-electron chi connectivity index (χ3n) is 2.23. The highest BCUT2D eigenvalue weighted by molar-refractivity contribution is 5.85. The Morgan fingerprint density at radius 3 is 2.24 bits per heavy atom. The summed E-state index contributed by atoms with van der Waals surface area (Å²) in [7, 11) is 0. The highest BCUT2D eigenvalue weighted by Gasteiger charge is 1.94. The molecule has 0 spiro atoms. The van der Waals surface area contributed by atoms with Crippen LogP contribution in [0.15, 0.2) is 54.6 Å². The fraction of sp³-hybridized carbons (Fsp3) is 0.143. The first-order valence-electron chi connectivity index (χ1n) is 5.08. The zero-order valence-electron chi connectivity index (χ0n) is 9.63. The molecular weight excluding hydrogens is 255 g/mol. The maximum atomic E-state index is 5.65. The molecule has 0 unspecified atom stereocenters. The van der Waals surface area contributed by atoms with Gasteiger partial charge in [-0.2, -0.15) is 0 Å². The Bertz CT molecular complexity index is 429. The van der Waals surface area contributed by atoms with Gasteiger partial charge in [-0.1, -0.05) is 48.0 Å². The van der Waals surface area contributed by atoms with Gasteiger partial charge < -0.3 is 4.74 Å². The van der Waals surface area contributed by atoms with E-state index in [1.165, 1.54) is 11.1 Å². The molecule has 0 saturated carbocycles. The van der Waals surface area contributed by atoms with Crippen LogP contribution in [0.1, 0.15) is 11.1 Å². The molecule has 0 saturated heterocycles. The molecule has 2 aromatic carbocycles. The summed E-state index contributed by atoms with van der Waals surface area (Å²) in [5.74, 6) is 0.916. The van der Waals surface area contributed by atoms with Crippen molar-refractivity contribution in [3.63, 3.8) is 0 Å². The van der Waals surface area contributed by atoms with Crippen LogP contribution in [0.2, 0.25) is 0 Å². The Morgan fingerprint density at radius 2 is 1.59 bits per heavy atom. The minimum Gasteiger partial charge on any atom is -0.489 e. The van der Waals surface area contributed by atoms with Gasteiger partial charge in [-0.3, -0.25) is 0 Å². The number of rotatable bonds is 3. The van der Waals surface area contributed by atoms with Gasteiger partial charge in [0.15, 0.2) is 0 Å². The fourth-order valence-corrected chi connectivity index (χ4v) is 1.49. The van der Waals surface area contributed by atoms with Crippen molar-refractivity contribution >= 4 is 24.8 Å². The summed E-state index contributed by atoms with van der Waals surface area (Å²) in [6, 6.07) is 18.2. The zero-order chi connectivity index (χ0) is 10.5. The van der Waals surface area contributed by atoms with Gasteiger partial charge >= 0.3 is 0 Å². The van der Waals surface area contributed by atoms with Crippen LogP contribution >= 0.6 is 24.8 Å². The van der Waals surface area contributed by atoms with Crippen molar-refractivity contribution in [2.75, 3.05) is 0 Å². The SMILES string of the molecule is Cc1cccc(COc2ccccc2)c1.Cl.Cl. The molecule has 0 fully saturated rings. The van der Waals surface area contributed by atoms with Crippen LogP contribution in [0.25, 0.3) is 0 Å². The minimum atomic E-state index is 0. The molecule has 1 nitrogen and oxygen atoms in total. The molecular formula is C14H16Cl2O. The summed E-state index contributed by atoms with van der Waals surface area (Å²) < 4.78 is 5.65. The summed E-state index contributed by atoms with van der Waals surface area (Å²) in [5, 5.41) is 0. The second kappa shape index (κ2) is 7.99. The Hall–Kier alpha value is -1.18. The quantitative estimate of drug-likeness (QED) is 0.803. The molecule has 0 bridgehead atoms. The lowest BCUT2D eigenvalue weighted by atomic mass is 10.1. The van der Waals surface area contributed by atoms with E-state index in [-0.39, 0.29) is 24.8 Å². The van der Waals surface area contributed by atoms with Crippen molar-refractivity contribution < 1.29 is 4.74 Å². The predicted octanol–water partition coefficient (Wildman–Crippen LogP) is 4.42. The predicted molar refractivity (Wildman–Crippen MR) is 76.4 cm³/mol. The molecule has 0 aromatic heterocycles. The number of benzene rings is 2. The van der Waals surface area contributed by atoms with Gasteiger partial charge in [0.05, 0.1) is 0 Å². The van der Waals surface area contributed by atoms with E-state index in [1.54, 1.807) is 0 Å². The molecule has 0 aliphatic rings. The Morgan fingerprint density at radius 1 is 0.882 bits per heavy atom. The second-order valence-electron chi connectivity index (χ2n) is 3.59. The molecule has 0 atom stereocenters. The largest absolute Gasteiger partial charge is 0.489 e. The molecule has 17 heavy (non-hydrogen) atoms. The van der Waals surface area contributed by atoms with Crippen molar-refractivity contribution in [2.45, 2.75) is 13.5 Å². The molecule has 0 aliphatic heterocycles. The van der Waals surface area contributed by atoms with E-state index in [0.717, 1.165) is 5.75 Å². The number of para-hydroxylation sites is 1. The van der Waals surface area contributed by atoms with Crippen LogP contribution < -0.4 is 4.74 Å². The molecule has 3 heteroatoms. The third kappa shape index (κ3) is 5.12. The normalized spacial score (nSPS) is 8.76. The fourth-order valence-electron chi connectivity index (χ4n) is 1.49. The van der Waals surface area contributed by atoms with Gasteiger partial charge in [-0.15, -0.1) is 24.8 Å². The van der Waals surface area contributed by atoms with E-state index in [1.807, 2.05) is 30.3 Å². The van der Waals surface area contributed by atoms with Gasteiger partial charge in [0.2, 0.25) is 0 Å². The molecule has 0 amide bonds. The van der Waals surface area contributed by atoms with Crippen molar-refractivity contribution in [1.29, 1.82) is 0 Å². The second-order valence-corrected chi connectivity index (χ2v) is 3.59. The van der Waals surface area contributed by atoms with E-state index >= 15 is 0 Å². The Labute approximate surface area is 115 Å². The van der Waals surface area contributed by atoms with Crippen molar-refractivity contribution in [3.05, 3.63) is 65.7 Å². The van der Waals surface area contributed by atoms with E-state index in [0.29, 0.717) is 6.61 Å². The van der Waals surface area contributed by atoms with E-state index in [2.05, 4.69) is 31.2 Å². The van der Waals surface area contributed by atoms with Gasteiger partial charge in [-0.25, -0.2) is 0 Å². The van der Waals surface area contributed by atoms with Gasteiger partial charge in [0.25, 0.3) is 0 Å². The van der Waals surface area contributed by atoms with Crippen LogP contribution in [0.3, 0.4) is 0 Å². The maximum Gasteiger partial charge on any atom is 0.119 e. The van der Waals surface area contributed by atoms with Gasteiger partial charge in [-0.05, 0) is 24.6 Å². The monoisotopic (exact) mass is 270 g/mol. The number of aryl methyl sites for hydroxylation is 1. The highest BCUT2D eigenvalue weighted by atomic mass is 35.5. The summed E-state index contributed by atoms with van der Waals surface area (Å²) >= 11 is 0. The Balaban J connectivity index is 0.00000128. The molecule has 0 aliphatic carbocycles. The Kier molecular flexibility index (Phi) is 7.44. The lowest BCUT2D eigenvalue weighted by Crippen LogP contribution is -1.95. The smallest absolute Gasteiger partial charge is 0.119 e. The number of halogens is 2. The van der Waals surface area contributed by atoms with Crippen molar-refractivity contribution in [2.24, 2.45) is 0 Å². The van der Waals surface area contributed by atoms with Crippen molar-refractivity contribution in [3.8, 4) is 5.75 Å². The summed E-state index contributed by atoms with van der Waals surface area (Å²) in [6.45, 7) is 2.72. The first-order valence-corrected chi connectivity index (χ1v) is 5.08. The zero-order valence-corrected chi connectivity index (χ0v) is 11.3. The van der Waals surface area contributed by atoms with Crippen LogP contribution in [-0.2, 0) is 6.61 Å². The number of hydrogen-bond donors (Lipinski definition) is 0. The maximum absolute atomic E-state index is 5.65. The summed E-state index contributed by atoms with van der Waals surface area (Å²) in [4.78, 5) is 0. The molecule has 0 radical (unpaired) electrons. The molecule has 0 N–H and O–H groups in total. The van der Waals surface area contributed by atoms with E-state index < -0.39 is 0 Å². The standard InChI is InChI=1S/C14H14O.2ClH/c1-12-6-5-7-13(10-12)11-15-14-8-3-2-4-9-14;;/h2-10H,11H2,1H3;2*1H. The average Bonchev–Trinajstić information content (AvgIpc) is 2.28. The molecule has 2 aromatic rings. The summed E-state index contributed by atoms with van der Waals surface area (Å²) in [6.07, 6.45) is 0. The van der Waals surface area contributed by atoms with Crippen molar-refractivity contribution in [1.82, 2.24) is 0 Å². The first kappa shape index (κ1) is 15.8. The van der Waals surface area contributed by atoms with Gasteiger partial charge in [0.1, 0.15) is 12.4 Å². The third-order valence-corrected chi connectivity index (χ3v) is 2.23. The number of ether oxygens (including phenoxy) is 1. The molecule has 92 valence electrons. The number of hydrogen-bond acceptors (Lipinski definition) is 1. The van der Waals surface area contributed by atoms with Crippen LogP contribution in [0.4, 0.5) is 0 Å². The summed E-state index contributed by atoms with van der Waals surface area (Å²) in [5.41, 5.74) is 2.48. The van der Waals surface area contributed by atoms with Crippen LogP contribution in [0.5, 0.6) is 5.75 Å². The lowest BCUT2D eigenvalue weighted by molar-refractivity contribution is 0.306. The van der Waals surface area contributed by atoms with E-state index in [4.69, 9.17) is 4.74 Å². The average molecular weight is 271 g/mol. The van der Waals surface area contributed by atoms with E-state index in [9.17, 15) is 0 Å². The van der Waals surface area contributed by atoms with Gasteiger partial charge in [0, 0.05) is 0 Å². The first-order chi connectivity index (χ1) is 7.34. The molecule has 2 rings (SSSR count). The lowest BCUT2D eigenvalue weighted by Gasteiger charge is -2.06. The molecule has 0 heterocycles. The highest BCUT2D eigenvalue weighted by Crippen LogP contribution is 2.12. The van der Waals surface area contributed by atoms with Crippen LogP contribution in [0, 0.1) is 6.92 Å². The minimum absolute atomic E-state index is 0. The topological polar surface area (TPSA) is 9.23 Å². The van der Waals surface area contributed by atoms with Crippen LogP contribution in [-0.4, -0.2) is 0 Å².